The van der Waals surface area contributed by atoms with E-state index in [0.717, 1.165) is 0 Å². The van der Waals surface area contributed by atoms with Crippen molar-refractivity contribution in [1.82, 2.24) is 0 Å². The van der Waals surface area contributed by atoms with E-state index in [9.17, 15) is 0 Å². The molecule has 0 aliphatic carbocycles. The maximum atomic E-state index is 2.59. The molecule has 1 rings (SSSR count). The van der Waals surface area contributed by atoms with Crippen LogP contribution in [0.4, 0.5) is 0 Å². The summed E-state index contributed by atoms with van der Waals surface area (Å²) in [6.07, 6.45) is 63.8. The molecule has 0 saturated carbocycles. The van der Waals surface area contributed by atoms with Crippen molar-refractivity contribution < 1.29 is 4.57 Å². The largest absolute Gasteiger partial charge is 0.205 e. The lowest BCUT2D eigenvalue weighted by atomic mass is 10.0. The normalized spacial score (nSPS) is 11.6. The minimum Gasteiger partial charge on any atom is -0.205 e. The van der Waals surface area contributed by atoms with Gasteiger partial charge < -0.3 is 0 Å². The molecular formula is C50H96N+. The lowest BCUT2D eigenvalue weighted by Crippen LogP contribution is -2.34. The van der Waals surface area contributed by atoms with Gasteiger partial charge in [-0.3, -0.25) is 0 Å². The van der Waals surface area contributed by atoms with Crippen molar-refractivity contribution in [3.05, 3.63) is 29.6 Å². The van der Waals surface area contributed by atoms with E-state index in [1.165, 1.54) is 270 Å². The highest BCUT2D eigenvalue weighted by Gasteiger charge is 2.09. The van der Waals surface area contributed by atoms with E-state index in [0.29, 0.717) is 0 Å². The fourth-order valence-corrected chi connectivity index (χ4v) is 8.18. The number of pyridine rings is 1. The van der Waals surface area contributed by atoms with Crippen molar-refractivity contribution in [2.45, 2.75) is 291 Å². The first-order chi connectivity index (χ1) is 25.3. The Kier molecular flexibility index (Phi) is 38.1. The van der Waals surface area contributed by atoms with E-state index < -0.39 is 0 Å². The summed E-state index contributed by atoms with van der Waals surface area (Å²) in [7, 11) is 0. The second-order valence-corrected chi connectivity index (χ2v) is 17.0. The zero-order chi connectivity index (χ0) is 36.6. The molecule has 0 aliphatic heterocycles. The molecule has 1 heterocycles. The third-order valence-electron chi connectivity index (χ3n) is 11.7. The van der Waals surface area contributed by atoms with Crippen LogP contribution >= 0.6 is 0 Å². The van der Waals surface area contributed by atoms with Crippen molar-refractivity contribution in [3.8, 4) is 0 Å². The summed E-state index contributed by atoms with van der Waals surface area (Å²) in [6, 6.07) is 2.58. The number of hydrogen-bond acceptors (Lipinski definition) is 0. The zero-order valence-corrected chi connectivity index (χ0v) is 35.9. The van der Waals surface area contributed by atoms with E-state index in [-0.39, 0.29) is 0 Å². The van der Waals surface area contributed by atoms with Crippen LogP contribution in [0.5, 0.6) is 0 Å². The lowest BCUT2D eigenvalue weighted by molar-refractivity contribution is -0.698. The van der Waals surface area contributed by atoms with Gasteiger partial charge in [-0.05, 0) is 38.2 Å². The Hall–Kier alpha value is -0.850. The smallest absolute Gasteiger partial charge is 0.171 e. The first kappa shape index (κ1) is 48.2. The van der Waals surface area contributed by atoms with Gasteiger partial charge in [0.25, 0.3) is 0 Å². The van der Waals surface area contributed by atoms with Gasteiger partial charge in [0.15, 0.2) is 12.4 Å². The summed E-state index contributed by atoms with van der Waals surface area (Å²) in [4.78, 5) is 0. The average molecular weight is 711 g/mol. The monoisotopic (exact) mass is 711 g/mol. The fraction of sp³-hybridized carbons (Fsp3) is 0.900. The molecule has 0 amide bonds. The molecule has 1 aromatic rings. The minimum atomic E-state index is 1.22. The topological polar surface area (TPSA) is 3.88 Å². The second kappa shape index (κ2) is 40.3. The summed E-state index contributed by atoms with van der Waals surface area (Å²) < 4.78 is 2.59. The molecule has 1 nitrogen and oxygen atoms in total. The van der Waals surface area contributed by atoms with Gasteiger partial charge in [0.1, 0.15) is 6.54 Å². The highest BCUT2D eigenvalue weighted by Crippen LogP contribution is 2.17. The molecule has 0 bridgehead atoms. The maximum absolute atomic E-state index is 2.59. The number of nitrogens with zero attached hydrogens (tertiary/aromatic N) is 1. The number of aromatic nitrogens is 1. The molecule has 0 spiro atoms. The molecule has 0 radical (unpaired) electrons. The van der Waals surface area contributed by atoms with Gasteiger partial charge in [-0.1, -0.05) is 245 Å². The van der Waals surface area contributed by atoms with E-state index >= 15 is 0 Å². The Morgan fingerprint density at radius 1 is 0.275 bits per heavy atom. The highest BCUT2D eigenvalue weighted by atomic mass is 14.9. The fourth-order valence-electron chi connectivity index (χ4n) is 8.18. The predicted octanol–water partition coefficient (Wildman–Crippen LogP) is 17.3. The molecule has 51 heavy (non-hydrogen) atoms. The van der Waals surface area contributed by atoms with Gasteiger partial charge in [-0.2, -0.15) is 0 Å². The van der Waals surface area contributed by atoms with Gasteiger partial charge in [-0.15, -0.1) is 0 Å². The Balaban J connectivity index is 2.29. The zero-order valence-electron chi connectivity index (χ0n) is 35.9. The van der Waals surface area contributed by atoms with Gasteiger partial charge in [0.05, 0.1) is 0 Å². The predicted molar refractivity (Wildman–Crippen MR) is 231 cm³/mol. The van der Waals surface area contributed by atoms with E-state index in [4.69, 9.17) is 0 Å². The Morgan fingerprint density at radius 3 is 0.745 bits per heavy atom. The second-order valence-electron chi connectivity index (χ2n) is 17.0. The van der Waals surface area contributed by atoms with Crippen LogP contribution in [-0.4, -0.2) is 0 Å². The van der Waals surface area contributed by atoms with Crippen LogP contribution < -0.4 is 4.57 Å². The summed E-state index contributed by atoms with van der Waals surface area (Å²) in [5.74, 6) is 0. The van der Waals surface area contributed by atoms with Gasteiger partial charge in [0, 0.05) is 17.5 Å². The van der Waals surface area contributed by atoms with Crippen molar-refractivity contribution in [1.29, 1.82) is 0 Å². The van der Waals surface area contributed by atoms with Crippen LogP contribution in [0, 0.1) is 0 Å². The molecule has 0 saturated heterocycles. The van der Waals surface area contributed by atoms with Crippen LogP contribution in [0.3, 0.4) is 0 Å². The Bertz CT molecular complexity index is 748. The summed E-state index contributed by atoms with van der Waals surface area (Å²) in [5.41, 5.74) is 3.22. The molecule has 1 aromatic heterocycles. The maximum Gasteiger partial charge on any atom is 0.171 e. The van der Waals surface area contributed by atoms with Crippen molar-refractivity contribution >= 4 is 0 Å². The quantitative estimate of drug-likeness (QED) is 0.0470. The van der Waals surface area contributed by atoms with Crippen molar-refractivity contribution in [2.24, 2.45) is 0 Å². The first-order valence-corrected chi connectivity index (χ1v) is 24.3. The number of unbranched alkanes of at least 4 members (excludes halogenated alkanes) is 36. The van der Waals surface area contributed by atoms with Crippen LogP contribution in [0.15, 0.2) is 18.5 Å². The van der Waals surface area contributed by atoms with Gasteiger partial charge in [-0.25, -0.2) is 4.57 Å². The van der Waals surface area contributed by atoms with E-state index in [1.54, 1.807) is 11.1 Å². The van der Waals surface area contributed by atoms with Crippen LogP contribution in [0.2, 0.25) is 0 Å². The molecule has 300 valence electrons. The average Bonchev–Trinajstić information content (AvgIpc) is 3.14. The number of aryl methyl sites for hydroxylation is 3. The highest BCUT2D eigenvalue weighted by molar-refractivity contribution is 5.15. The number of hydrogen-bond donors (Lipinski definition) is 0. The molecule has 0 atom stereocenters. The Labute approximate surface area is 323 Å². The third-order valence-corrected chi connectivity index (χ3v) is 11.7. The summed E-state index contributed by atoms with van der Waals surface area (Å²) >= 11 is 0. The molecule has 0 aromatic carbocycles. The summed E-state index contributed by atoms with van der Waals surface area (Å²) in [5, 5.41) is 0. The van der Waals surface area contributed by atoms with Gasteiger partial charge in [0.2, 0.25) is 0 Å². The molecular weight excluding hydrogens is 615 g/mol. The van der Waals surface area contributed by atoms with E-state index in [2.05, 4.69) is 43.8 Å². The third kappa shape index (κ3) is 34.7. The van der Waals surface area contributed by atoms with E-state index in [1.807, 2.05) is 0 Å². The standard InChI is InChI=1S/C50H96N/c1-4-7-10-13-16-19-22-24-26-28-31-34-37-40-43-49-46-50(44-41-38-35-32-29-27-25-23-20-17-14-11-8-5-2)48-51(47-49)45-42-39-36-33-30-21-18-15-12-9-6-3/h46-48H,4-45H2,1-3H3/q+1. The van der Waals surface area contributed by atoms with Crippen LogP contribution in [0.1, 0.15) is 282 Å². The first-order valence-electron chi connectivity index (χ1n) is 24.3. The molecule has 0 N–H and O–H groups in total. The van der Waals surface area contributed by atoms with Crippen molar-refractivity contribution in [3.63, 3.8) is 0 Å². The van der Waals surface area contributed by atoms with Crippen molar-refractivity contribution in [2.75, 3.05) is 0 Å². The molecule has 0 aliphatic rings. The molecule has 0 fully saturated rings. The van der Waals surface area contributed by atoms with Gasteiger partial charge >= 0.3 is 0 Å². The van der Waals surface area contributed by atoms with Crippen LogP contribution in [-0.2, 0) is 19.4 Å². The molecule has 1 heteroatoms. The lowest BCUT2D eigenvalue weighted by Gasteiger charge is -2.08. The summed E-state index contributed by atoms with van der Waals surface area (Å²) in [6.45, 7) is 8.16. The Morgan fingerprint density at radius 2 is 0.490 bits per heavy atom. The SMILES string of the molecule is CCCCCCCCCCCCCCCCc1cc(CCCCCCCCCCCCCCCC)c[n+](CCCCCCCCCCCCC)c1. The number of rotatable bonds is 42. The molecule has 0 unspecified atom stereocenters. The minimum absolute atomic E-state index is 1.22. The van der Waals surface area contributed by atoms with Crippen LogP contribution in [0.25, 0.3) is 0 Å².